The number of aliphatic hydroxyl groups is 2. The molecule has 0 aliphatic heterocycles. The second-order valence-corrected chi connectivity index (χ2v) is 18.3. The van der Waals surface area contributed by atoms with Crippen molar-refractivity contribution in [1.82, 2.24) is 0 Å². The number of hydrogen-bond acceptors (Lipinski definition) is 8. The third kappa shape index (κ3) is 11.9. The lowest BCUT2D eigenvalue weighted by Gasteiger charge is -2.31. The van der Waals surface area contributed by atoms with Gasteiger partial charge in [0.1, 0.15) is 70.7 Å². The molecule has 0 radical (unpaired) electrons. The van der Waals surface area contributed by atoms with Crippen molar-refractivity contribution in [2.24, 2.45) is 0 Å². The van der Waals surface area contributed by atoms with Crippen molar-refractivity contribution in [1.29, 1.82) is 0 Å². The minimum atomic E-state index is -0.683. The zero-order valence-corrected chi connectivity index (χ0v) is 41.8. The summed E-state index contributed by atoms with van der Waals surface area (Å²) in [6, 6.07) is 79.6. The van der Waals surface area contributed by atoms with Crippen molar-refractivity contribution < 1.29 is 38.6 Å². The van der Waals surface area contributed by atoms with E-state index in [1.54, 1.807) is 0 Å². The number of hydrogen-bond donors (Lipinski definition) is 2. The average Bonchev–Trinajstić information content (AvgIpc) is 3.46. The Bertz CT molecular complexity index is 2980. The maximum atomic E-state index is 10.2. The Morgan fingerprint density at radius 3 is 0.720 bits per heavy atom. The van der Waals surface area contributed by atoms with Crippen molar-refractivity contribution in [2.45, 2.75) is 19.3 Å². The van der Waals surface area contributed by atoms with Crippen LogP contribution in [0.25, 0.3) is 44.5 Å². The highest BCUT2D eigenvalue weighted by Crippen LogP contribution is 2.49. The van der Waals surface area contributed by atoms with E-state index >= 15 is 0 Å². The minimum absolute atomic E-state index is 0.0829. The molecular weight excluding hydrogens is 933 g/mol. The fraction of sp³-hybridized carbons (Fsp3) is 0.104. The number of para-hydroxylation sites is 4. The Labute approximate surface area is 438 Å². The fourth-order valence-corrected chi connectivity index (χ4v) is 8.92. The van der Waals surface area contributed by atoms with Crippen molar-refractivity contribution >= 4 is 0 Å². The summed E-state index contributed by atoms with van der Waals surface area (Å²) < 4.78 is 38.1. The summed E-state index contributed by atoms with van der Waals surface area (Å²) in [7, 11) is 0. The molecule has 10 aromatic rings. The predicted molar refractivity (Wildman–Crippen MR) is 298 cm³/mol. The van der Waals surface area contributed by atoms with E-state index in [-0.39, 0.29) is 26.4 Å². The molecule has 2 N–H and O–H groups in total. The van der Waals surface area contributed by atoms with Crippen LogP contribution in [0, 0.1) is 0 Å². The van der Waals surface area contributed by atoms with Gasteiger partial charge in [-0.25, -0.2) is 0 Å². The fourth-order valence-electron chi connectivity index (χ4n) is 8.92. The van der Waals surface area contributed by atoms with Gasteiger partial charge < -0.3 is 38.6 Å². The molecule has 0 aromatic heterocycles. The molecule has 0 saturated heterocycles. The highest BCUT2D eigenvalue weighted by atomic mass is 16.5. The number of aliphatic hydroxyl groups excluding tert-OH is 2. The molecule has 0 spiro atoms. The summed E-state index contributed by atoms with van der Waals surface area (Å²) in [5.74, 6) is 6.97. The lowest BCUT2D eigenvalue weighted by atomic mass is 9.74. The largest absolute Gasteiger partial charge is 0.490 e. The van der Waals surface area contributed by atoms with E-state index in [1.165, 1.54) is 0 Å². The van der Waals surface area contributed by atoms with E-state index in [2.05, 4.69) is 38.1 Å². The van der Waals surface area contributed by atoms with Crippen molar-refractivity contribution in [3.63, 3.8) is 0 Å². The van der Waals surface area contributed by atoms with Gasteiger partial charge in [0.05, 0.1) is 13.2 Å². The molecule has 0 unspecified atom stereocenters. The molecule has 0 fully saturated rings. The highest BCUT2D eigenvalue weighted by molar-refractivity contribution is 5.87. The molecule has 8 nitrogen and oxygen atoms in total. The average molecular weight is 989 g/mol. The first kappa shape index (κ1) is 49.5. The van der Waals surface area contributed by atoms with Gasteiger partial charge in [0.2, 0.25) is 0 Å². The molecule has 8 heteroatoms. The SMILES string of the molecule is CC(C)(c1cc(-c2ccc(Oc3ccccc3)cc2)c(OCCO)c(-c2ccc(Oc3ccccc3)cc2)c1)c1cc(-c2ccc(Oc3ccccc3)cc2)c(OCCO)c(-c2ccc(Oc3ccccc3)cc2)c1. The van der Waals surface area contributed by atoms with Crippen LogP contribution in [0.4, 0.5) is 0 Å². The van der Waals surface area contributed by atoms with E-state index in [0.717, 1.165) is 78.6 Å². The van der Waals surface area contributed by atoms with Crippen molar-refractivity contribution in [3.05, 3.63) is 254 Å². The zero-order chi connectivity index (χ0) is 51.4. The number of ether oxygens (including phenoxy) is 6. The van der Waals surface area contributed by atoms with E-state index in [1.807, 2.05) is 218 Å². The van der Waals surface area contributed by atoms with Gasteiger partial charge in [0.15, 0.2) is 0 Å². The van der Waals surface area contributed by atoms with Gasteiger partial charge in [0, 0.05) is 27.7 Å². The van der Waals surface area contributed by atoms with Crippen LogP contribution in [0.15, 0.2) is 243 Å². The van der Waals surface area contributed by atoms with Crippen LogP contribution >= 0.6 is 0 Å². The van der Waals surface area contributed by atoms with Gasteiger partial charge >= 0.3 is 0 Å². The van der Waals surface area contributed by atoms with Gasteiger partial charge in [0.25, 0.3) is 0 Å². The molecule has 0 heterocycles. The molecule has 75 heavy (non-hydrogen) atoms. The lowest BCUT2D eigenvalue weighted by molar-refractivity contribution is 0.202. The molecule has 372 valence electrons. The van der Waals surface area contributed by atoms with E-state index in [9.17, 15) is 10.2 Å². The van der Waals surface area contributed by atoms with Crippen LogP contribution in [-0.2, 0) is 5.41 Å². The van der Waals surface area contributed by atoms with Gasteiger partial charge in [-0.15, -0.1) is 0 Å². The molecule has 0 atom stereocenters. The number of benzene rings is 10. The van der Waals surface area contributed by atoms with Gasteiger partial charge in [-0.05, 0) is 155 Å². The van der Waals surface area contributed by atoms with Crippen LogP contribution < -0.4 is 28.4 Å². The van der Waals surface area contributed by atoms with Crippen LogP contribution in [0.1, 0.15) is 25.0 Å². The summed E-state index contributed by atoms with van der Waals surface area (Å²) >= 11 is 0. The molecule has 0 aliphatic carbocycles. The summed E-state index contributed by atoms with van der Waals surface area (Å²) in [5.41, 5.74) is 8.26. The predicted octanol–water partition coefficient (Wildman–Crippen LogP) is 16.6. The standard InChI is InChI=1S/C67H56O8/c1-67(2,51-43-61(47-23-31-57(32-24-47)72-53-15-7-3-8-16-53)65(70-41-39-68)62(44-51)48-25-33-58(34-26-48)73-54-17-9-4-10-18-54)52-45-63(49-27-35-59(36-28-49)74-55-19-11-5-12-20-55)66(71-42-40-69)64(46-52)50-29-37-60(38-30-50)75-56-21-13-6-14-22-56/h3-38,43-46,68-69H,39-42H2,1-2H3. The molecule has 0 aliphatic rings. The first-order valence-corrected chi connectivity index (χ1v) is 25.0. The Balaban J connectivity index is 1.13. The van der Waals surface area contributed by atoms with Crippen LogP contribution in [0.3, 0.4) is 0 Å². The van der Waals surface area contributed by atoms with E-state index in [0.29, 0.717) is 34.5 Å². The van der Waals surface area contributed by atoms with Crippen LogP contribution in [0.5, 0.6) is 57.5 Å². The third-order valence-corrected chi connectivity index (χ3v) is 12.9. The topological polar surface area (TPSA) is 95.8 Å². The monoisotopic (exact) mass is 988 g/mol. The third-order valence-electron chi connectivity index (χ3n) is 12.9. The maximum absolute atomic E-state index is 10.2. The number of rotatable bonds is 20. The Kier molecular flexibility index (Phi) is 15.3. The second-order valence-electron chi connectivity index (χ2n) is 18.3. The highest BCUT2D eigenvalue weighted by Gasteiger charge is 2.30. The normalized spacial score (nSPS) is 11.1. The molecule has 10 rings (SSSR count). The first-order chi connectivity index (χ1) is 36.8. The van der Waals surface area contributed by atoms with Crippen molar-refractivity contribution in [3.8, 4) is 102 Å². The van der Waals surface area contributed by atoms with E-state index < -0.39 is 5.41 Å². The summed E-state index contributed by atoms with van der Waals surface area (Å²) in [6.45, 7) is 4.27. The molecule has 0 amide bonds. The second kappa shape index (κ2) is 23.2. The van der Waals surface area contributed by atoms with Crippen molar-refractivity contribution in [2.75, 3.05) is 26.4 Å². The zero-order valence-electron chi connectivity index (χ0n) is 41.8. The Morgan fingerprint density at radius 2 is 0.507 bits per heavy atom. The van der Waals surface area contributed by atoms with Gasteiger partial charge in [-0.1, -0.05) is 135 Å². The minimum Gasteiger partial charge on any atom is -0.490 e. The molecule has 0 saturated carbocycles. The summed E-state index contributed by atoms with van der Waals surface area (Å²) in [4.78, 5) is 0. The smallest absolute Gasteiger partial charge is 0.135 e. The van der Waals surface area contributed by atoms with E-state index in [4.69, 9.17) is 28.4 Å². The Morgan fingerprint density at radius 1 is 0.293 bits per heavy atom. The lowest BCUT2D eigenvalue weighted by Crippen LogP contribution is -2.20. The molecule has 0 bridgehead atoms. The quantitative estimate of drug-likeness (QED) is 0.0780. The van der Waals surface area contributed by atoms with Gasteiger partial charge in [-0.2, -0.15) is 0 Å². The van der Waals surface area contributed by atoms with Crippen LogP contribution in [-0.4, -0.2) is 36.6 Å². The van der Waals surface area contributed by atoms with Gasteiger partial charge in [-0.3, -0.25) is 0 Å². The summed E-state index contributed by atoms with van der Waals surface area (Å²) in [5, 5.41) is 20.4. The first-order valence-electron chi connectivity index (χ1n) is 25.0. The summed E-state index contributed by atoms with van der Waals surface area (Å²) in [6.07, 6.45) is 0. The Hall–Kier alpha value is -9.08. The molecule has 10 aromatic carbocycles. The van der Waals surface area contributed by atoms with Crippen LogP contribution in [0.2, 0.25) is 0 Å². The molecular formula is C67H56O8. The maximum Gasteiger partial charge on any atom is 0.135 e.